The summed E-state index contributed by atoms with van der Waals surface area (Å²) >= 11 is 0. The third kappa shape index (κ3) is 2.47. The van der Waals surface area contributed by atoms with Gasteiger partial charge in [0.15, 0.2) is 0 Å². The summed E-state index contributed by atoms with van der Waals surface area (Å²) in [5.41, 5.74) is 2.37. The number of allylic oxidation sites excluding steroid dienone is 4. The Balaban J connectivity index is 2.59. The first-order chi connectivity index (χ1) is 6.69. The van der Waals surface area contributed by atoms with E-state index in [0.29, 0.717) is 11.8 Å². The Kier molecular flexibility index (Phi) is 3.94. The highest BCUT2D eigenvalue weighted by atomic mass is 14.3. The smallest absolute Gasteiger partial charge is 0.0162 e. The predicted octanol–water partition coefficient (Wildman–Crippen LogP) is 4.28. The zero-order valence-electron chi connectivity index (χ0n) is 8.97. The molecule has 0 aromatic carbocycles. The molecule has 0 aromatic heterocycles. The van der Waals surface area contributed by atoms with E-state index in [-0.39, 0.29) is 0 Å². The molecule has 1 saturated carbocycles. The molecule has 0 aliphatic heterocycles. The lowest BCUT2D eigenvalue weighted by Gasteiger charge is -2.30. The molecule has 0 amide bonds. The van der Waals surface area contributed by atoms with Crippen LogP contribution in [0.4, 0.5) is 0 Å². The van der Waals surface area contributed by atoms with Crippen LogP contribution in [0, 0.1) is 11.8 Å². The molecule has 1 rings (SSSR count). The van der Waals surface area contributed by atoms with Crippen molar-refractivity contribution in [3.8, 4) is 0 Å². The Hall–Kier alpha value is -1.04. The van der Waals surface area contributed by atoms with Gasteiger partial charge in [-0.05, 0) is 31.1 Å². The van der Waals surface area contributed by atoms with Gasteiger partial charge in [-0.3, -0.25) is 0 Å². The van der Waals surface area contributed by atoms with Crippen molar-refractivity contribution in [3.05, 3.63) is 49.6 Å². The highest BCUT2D eigenvalue weighted by Gasteiger charge is 2.23. The van der Waals surface area contributed by atoms with Crippen LogP contribution >= 0.6 is 0 Å². The van der Waals surface area contributed by atoms with Gasteiger partial charge < -0.3 is 0 Å². The fourth-order valence-corrected chi connectivity index (χ4v) is 2.20. The average molecular weight is 188 g/mol. The molecule has 2 atom stereocenters. The maximum atomic E-state index is 4.04. The Morgan fingerprint density at radius 3 is 1.71 bits per heavy atom. The van der Waals surface area contributed by atoms with Crippen molar-refractivity contribution in [2.75, 3.05) is 0 Å². The van der Waals surface area contributed by atoms with Gasteiger partial charge in [-0.1, -0.05) is 56.0 Å². The summed E-state index contributed by atoms with van der Waals surface area (Å²) in [7, 11) is 0. The predicted molar refractivity (Wildman–Crippen MR) is 64.1 cm³/mol. The molecule has 0 nitrogen and oxygen atoms in total. The molecule has 0 heteroatoms. The van der Waals surface area contributed by atoms with E-state index >= 15 is 0 Å². The largest absolute Gasteiger partial charge is 0.0988 e. The van der Waals surface area contributed by atoms with E-state index in [4.69, 9.17) is 0 Å². The first-order valence-electron chi connectivity index (χ1n) is 5.31. The lowest BCUT2D eigenvalue weighted by molar-refractivity contribution is 0.337. The quantitative estimate of drug-likeness (QED) is 0.578. The van der Waals surface area contributed by atoms with Crippen LogP contribution in [0.3, 0.4) is 0 Å². The molecule has 0 radical (unpaired) electrons. The van der Waals surface area contributed by atoms with Gasteiger partial charge in [-0.2, -0.15) is 0 Å². The minimum Gasteiger partial charge on any atom is -0.0988 e. The SMILES string of the molecule is C=CC(=C)C1CCCC(C(=C)C=C)C1. The number of rotatable bonds is 4. The van der Waals surface area contributed by atoms with Crippen molar-refractivity contribution >= 4 is 0 Å². The second-order valence-electron chi connectivity index (χ2n) is 4.12. The fraction of sp³-hybridized carbons (Fsp3) is 0.429. The molecule has 2 unspecified atom stereocenters. The van der Waals surface area contributed by atoms with Crippen molar-refractivity contribution in [1.29, 1.82) is 0 Å². The molecule has 1 fully saturated rings. The third-order valence-corrected chi connectivity index (χ3v) is 3.25. The van der Waals surface area contributed by atoms with Crippen molar-refractivity contribution in [3.63, 3.8) is 0 Å². The molecule has 0 N–H and O–H groups in total. The van der Waals surface area contributed by atoms with Gasteiger partial charge in [0, 0.05) is 0 Å². The Morgan fingerprint density at radius 1 is 0.929 bits per heavy atom. The summed E-state index contributed by atoms with van der Waals surface area (Å²) in [6, 6.07) is 0. The topological polar surface area (TPSA) is 0 Å². The monoisotopic (exact) mass is 188 g/mol. The lowest BCUT2D eigenvalue weighted by atomic mass is 9.75. The normalized spacial score (nSPS) is 26.6. The minimum atomic E-state index is 0.614. The molecule has 1 aliphatic rings. The second-order valence-corrected chi connectivity index (χ2v) is 4.12. The minimum absolute atomic E-state index is 0.614. The van der Waals surface area contributed by atoms with E-state index in [0.717, 1.165) is 0 Å². The summed E-state index contributed by atoms with van der Waals surface area (Å²) in [5, 5.41) is 0. The standard InChI is InChI=1S/C14H20/c1-5-11(3)13-8-7-9-14(10-13)12(4)6-2/h5-6,13-14H,1-4,7-10H2. The second kappa shape index (κ2) is 4.99. The van der Waals surface area contributed by atoms with Crippen molar-refractivity contribution < 1.29 is 0 Å². The zero-order chi connectivity index (χ0) is 10.6. The van der Waals surface area contributed by atoms with Crippen LogP contribution in [-0.4, -0.2) is 0 Å². The van der Waals surface area contributed by atoms with Gasteiger partial charge in [0.2, 0.25) is 0 Å². The van der Waals surface area contributed by atoms with Gasteiger partial charge in [-0.15, -0.1) is 0 Å². The summed E-state index contributed by atoms with van der Waals surface area (Å²) in [6.45, 7) is 15.7. The van der Waals surface area contributed by atoms with Crippen LogP contribution in [0.15, 0.2) is 49.6 Å². The summed E-state index contributed by atoms with van der Waals surface area (Å²) < 4.78 is 0. The molecule has 0 bridgehead atoms. The summed E-state index contributed by atoms with van der Waals surface area (Å²) in [4.78, 5) is 0. The lowest BCUT2D eigenvalue weighted by Crippen LogP contribution is -2.17. The molecule has 1 aliphatic carbocycles. The van der Waals surface area contributed by atoms with Gasteiger partial charge >= 0.3 is 0 Å². The maximum Gasteiger partial charge on any atom is -0.0162 e. The fourth-order valence-electron chi connectivity index (χ4n) is 2.20. The summed E-state index contributed by atoms with van der Waals surface area (Å²) in [6.07, 6.45) is 8.75. The maximum absolute atomic E-state index is 4.04. The molecular weight excluding hydrogens is 168 g/mol. The molecule has 0 spiro atoms. The van der Waals surface area contributed by atoms with Gasteiger partial charge in [0.05, 0.1) is 0 Å². The Morgan fingerprint density at radius 2 is 1.36 bits per heavy atom. The molecule has 0 aromatic rings. The van der Waals surface area contributed by atoms with Crippen LogP contribution in [0.1, 0.15) is 25.7 Å². The molecular formula is C14H20. The van der Waals surface area contributed by atoms with E-state index in [1.54, 1.807) is 0 Å². The van der Waals surface area contributed by atoms with Crippen molar-refractivity contribution in [2.24, 2.45) is 11.8 Å². The third-order valence-electron chi connectivity index (χ3n) is 3.25. The van der Waals surface area contributed by atoms with Crippen LogP contribution in [0.2, 0.25) is 0 Å². The number of hydrogen-bond donors (Lipinski definition) is 0. The number of hydrogen-bond acceptors (Lipinski definition) is 0. The first kappa shape index (κ1) is 11.0. The van der Waals surface area contributed by atoms with E-state index in [1.165, 1.54) is 36.8 Å². The highest BCUT2D eigenvalue weighted by Crippen LogP contribution is 2.36. The molecule has 76 valence electrons. The van der Waals surface area contributed by atoms with Gasteiger partial charge in [0.1, 0.15) is 0 Å². The van der Waals surface area contributed by atoms with Gasteiger partial charge in [0.25, 0.3) is 0 Å². The summed E-state index contributed by atoms with van der Waals surface area (Å²) in [5.74, 6) is 1.23. The van der Waals surface area contributed by atoms with E-state index < -0.39 is 0 Å². The zero-order valence-corrected chi connectivity index (χ0v) is 8.97. The van der Waals surface area contributed by atoms with Crippen LogP contribution < -0.4 is 0 Å². The molecule has 0 saturated heterocycles. The van der Waals surface area contributed by atoms with Crippen molar-refractivity contribution in [2.45, 2.75) is 25.7 Å². The van der Waals surface area contributed by atoms with E-state index in [1.807, 2.05) is 12.2 Å². The first-order valence-corrected chi connectivity index (χ1v) is 5.31. The Bertz CT molecular complexity index is 231. The van der Waals surface area contributed by atoms with Crippen LogP contribution in [0.25, 0.3) is 0 Å². The van der Waals surface area contributed by atoms with E-state index in [2.05, 4.69) is 26.3 Å². The molecule has 0 heterocycles. The van der Waals surface area contributed by atoms with E-state index in [9.17, 15) is 0 Å². The van der Waals surface area contributed by atoms with Crippen molar-refractivity contribution in [1.82, 2.24) is 0 Å². The Labute approximate surface area is 87.7 Å². The highest BCUT2D eigenvalue weighted by molar-refractivity contribution is 5.20. The van der Waals surface area contributed by atoms with Gasteiger partial charge in [-0.25, -0.2) is 0 Å². The van der Waals surface area contributed by atoms with Crippen LogP contribution in [-0.2, 0) is 0 Å². The average Bonchev–Trinajstić information content (AvgIpc) is 2.27. The van der Waals surface area contributed by atoms with Crippen LogP contribution in [0.5, 0.6) is 0 Å². The molecule has 14 heavy (non-hydrogen) atoms.